The summed E-state index contributed by atoms with van der Waals surface area (Å²) in [6.07, 6.45) is 4.69. The number of allylic oxidation sites excluding steroid dienone is 2. The zero-order valence-corrected chi connectivity index (χ0v) is 9.21. The molecule has 1 heteroatoms. The van der Waals surface area contributed by atoms with Crippen LogP contribution in [-0.2, 0) is 0 Å². The second-order valence-electron chi connectivity index (χ2n) is 4.18. The van der Waals surface area contributed by atoms with Crippen LogP contribution in [0, 0.1) is 5.92 Å². The van der Waals surface area contributed by atoms with Gasteiger partial charge in [-0.25, -0.2) is 0 Å². The van der Waals surface area contributed by atoms with Gasteiger partial charge in [0, 0.05) is 5.92 Å². The maximum absolute atomic E-state index is 10.1. The standard InChI is InChI=1S/C13H20O/c1-5-10(4)13(14)12-8-6-7-11(12)9(2)3/h5,10,13-14H,1-2,6-8H2,3-4H3. The molecule has 78 valence electrons. The first-order chi connectivity index (χ1) is 6.57. The van der Waals surface area contributed by atoms with Crippen molar-refractivity contribution in [1.29, 1.82) is 0 Å². The first-order valence-corrected chi connectivity index (χ1v) is 5.26. The number of hydrogen-bond donors (Lipinski definition) is 1. The molecule has 0 bridgehead atoms. The zero-order valence-electron chi connectivity index (χ0n) is 9.21. The molecule has 0 aromatic carbocycles. The van der Waals surface area contributed by atoms with Gasteiger partial charge >= 0.3 is 0 Å². The van der Waals surface area contributed by atoms with E-state index in [1.807, 2.05) is 19.9 Å². The molecule has 0 saturated carbocycles. The fourth-order valence-electron chi connectivity index (χ4n) is 2.03. The molecule has 1 aliphatic carbocycles. The van der Waals surface area contributed by atoms with Gasteiger partial charge in [-0.05, 0) is 37.3 Å². The fraction of sp³-hybridized carbons (Fsp3) is 0.538. The van der Waals surface area contributed by atoms with E-state index in [2.05, 4.69) is 13.2 Å². The Balaban J connectivity index is 2.89. The normalized spacial score (nSPS) is 20.8. The van der Waals surface area contributed by atoms with Gasteiger partial charge in [-0.3, -0.25) is 0 Å². The van der Waals surface area contributed by atoms with Crippen LogP contribution in [-0.4, -0.2) is 11.2 Å². The van der Waals surface area contributed by atoms with Gasteiger partial charge in [0.1, 0.15) is 0 Å². The highest BCUT2D eigenvalue weighted by Crippen LogP contribution is 2.34. The predicted octanol–water partition coefficient (Wildman–Crippen LogP) is 3.23. The molecular weight excluding hydrogens is 172 g/mol. The van der Waals surface area contributed by atoms with Crippen molar-refractivity contribution in [2.24, 2.45) is 5.92 Å². The van der Waals surface area contributed by atoms with E-state index in [1.54, 1.807) is 0 Å². The summed E-state index contributed by atoms with van der Waals surface area (Å²) >= 11 is 0. The van der Waals surface area contributed by atoms with E-state index in [9.17, 15) is 5.11 Å². The molecule has 0 aromatic heterocycles. The molecule has 0 aliphatic heterocycles. The van der Waals surface area contributed by atoms with Crippen LogP contribution in [0.25, 0.3) is 0 Å². The first-order valence-electron chi connectivity index (χ1n) is 5.26. The van der Waals surface area contributed by atoms with Crippen molar-refractivity contribution in [3.8, 4) is 0 Å². The maximum atomic E-state index is 10.1. The van der Waals surface area contributed by atoms with Crippen LogP contribution in [0.5, 0.6) is 0 Å². The van der Waals surface area contributed by atoms with E-state index >= 15 is 0 Å². The third kappa shape index (κ3) is 2.16. The van der Waals surface area contributed by atoms with Crippen LogP contribution in [0.4, 0.5) is 0 Å². The van der Waals surface area contributed by atoms with Crippen molar-refractivity contribution in [3.63, 3.8) is 0 Å². The van der Waals surface area contributed by atoms with Gasteiger partial charge < -0.3 is 5.11 Å². The zero-order chi connectivity index (χ0) is 10.7. The number of aliphatic hydroxyl groups excluding tert-OH is 1. The minimum Gasteiger partial charge on any atom is -0.388 e. The van der Waals surface area contributed by atoms with Crippen molar-refractivity contribution >= 4 is 0 Å². The Morgan fingerprint density at radius 3 is 2.64 bits per heavy atom. The lowest BCUT2D eigenvalue weighted by molar-refractivity contribution is 0.170. The molecule has 1 N–H and O–H groups in total. The fourth-order valence-corrected chi connectivity index (χ4v) is 2.03. The number of hydrogen-bond acceptors (Lipinski definition) is 1. The van der Waals surface area contributed by atoms with E-state index in [4.69, 9.17) is 0 Å². The second kappa shape index (κ2) is 4.61. The van der Waals surface area contributed by atoms with E-state index in [1.165, 1.54) is 11.1 Å². The summed E-state index contributed by atoms with van der Waals surface area (Å²) in [5, 5.41) is 10.1. The summed E-state index contributed by atoms with van der Waals surface area (Å²) in [6.45, 7) is 11.7. The average Bonchev–Trinajstić information content (AvgIpc) is 2.63. The predicted molar refractivity (Wildman–Crippen MR) is 61.1 cm³/mol. The van der Waals surface area contributed by atoms with Crippen molar-refractivity contribution in [2.45, 2.75) is 39.2 Å². The van der Waals surface area contributed by atoms with Crippen molar-refractivity contribution in [3.05, 3.63) is 36.0 Å². The summed E-state index contributed by atoms with van der Waals surface area (Å²) in [5.74, 6) is 0.137. The van der Waals surface area contributed by atoms with Crippen LogP contribution in [0.2, 0.25) is 0 Å². The summed E-state index contributed by atoms with van der Waals surface area (Å²) in [4.78, 5) is 0. The third-order valence-corrected chi connectivity index (χ3v) is 3.00. The monoisotopic (exact) mass is 192 g/mol. The molecule has 0 saturated heterocycles. The van der Waals surface area contributed by atoms with E-state index in [0.29, 0.717) is 0 Å². The molecule has 0 amide bonds. The SMILES string of the molecule is C=CC(C)C(O)C1=C(C(=C)C)CCC1. The van der Waals surface area contributed by atoms with E-state index in [-0.39, 0.29) is 12.0 Å². The van der Waals surface area contributed by atoms with E-state index < -0.39 is 0 Å². The van der Waals surface area contributed by atoms with Crippen LogP contribution in [0.3, 0.4) is 0 Å². The summed E-state index contributed by atoms with van der Waals surface area (Å²) < 4.78 is 0. The molecule has 2 unspecified atom stereocenters. The Morgan fingerprint density at radius 1 is 1.50 bits per heavy atom. The summed E-state index contributed by atoms with van der Waals surface area (Å²) in [5.41, 5.74) is 3.57. The van der Waals surface area contributed by atoms with Gasteiger partial charge in [0.25, 0.3) is 0 Å². The second-order valence-corrected chi connectivity index (χ2v) is 4.18. The van der Waals surface area contributed by atoms with Crippen molar-refractivity contribution in [1.82, 2.24) is 0 Å². The Morgan fingerprint density at radius 2 is 2.14 bits per heavy atom. The Hall–Kier alpha value is -0.820. The molecule has 1 aliphatic rings. The molecular formula is C13H20O. The Kier molecular flexibility index (Phi) is 3.70. The van der Waals surface area contributed by atoms with Crippen molar-refractivity contribution in [2.75, 3.05) is 0 Å². The van der Waals surface area contributed by atoms with Crippen LogP contribution in [0.15, 0.2) is 36.0 Å². The lowest BCUT2D eigenvalue weighted by Crippen LogP contribution is -2.18. The van der Waals surface area contributed by atoms with E-state index in [0.717, 1.165) is 24.8 Å². The van der Waals surface area contributed by atoms with Gasteiger partial charge in [0.05, 0.1) is 6.10 Å². The topological polar surface area (TPSA) is 20.2 Å². The van der Waals surface area contributed by atoms with Crippen molar-refractivity contribution < 1.29 is 5.11 Å². The highest BCUT2D eigenvalue weighted by Gasteiger charge is 2.23. The molecule has 1 rings (SSSR count). The molecule has 1 nitrogen and oxygen atoms in total. The molecule has 0 radical (unpaired) electrons. The molecule has 2 atom stereocenters. The Labute approximate surface area is 86.8 Å². The van der Waals surface area contributed by atoms with Gasteiger partial charge in [-0.2, -0.15) is 0 Å². The van der Waals surface area contributed by atoms with Crippen LogP contribution < -0.4 is 0 Å². The van der Waals surface area contributed by atoms with Crippen LogP contribution in [0.1, 0.15) is 33.1 Å². The molecule has 0 heterocycles. The van der Waals surface area contributed by atoms with Gasteiger partial charge in [0.15, 0.2) is 0 Å². The Bertz CT molecular complexity index is 273. The summed E-state index contributed by atoms with van der Waals surface area (Å²) in [6, 6.07) is 0. The van der Waals surface area contributed by atoms with Gasteiger partial charge in [-0.1, -0.05) is 25.2 Å². The minimum absolute atomic E-state index is 0.137. The molecule has 14 heavy (non-hydrogen) atoms. The first kappa shape index (κ1) is 11.3. The lowest BCUT2D eigenvalue weighted by atomic mass is 9.93. The quantitative estimate of drug-likeness (QED) is 0.678. The van der Waals surface area contributed by atoms with Gasteiger partial charge in [0.2, 0.25) is 0 Å². The average molecular weight is 192 g/mol. The minimum atomic E-state index is -0.360. The summed E-state index contributed by atoms with van der Waals surface area (Å²) in [7, 11) is 0. The smallest absolute Gasteiger partial charge is 0.0815 e. The molecule has 0 spiro atoms. The highest BCUT2D eigenvalue weighted by atomic mass is 16.3. The molecule has 0 aromatic rings. The number of rotatable bonds is 4. The lowest BCUT2D eigenvalue weighted by Gasteiger charge is -2.18. The maximum Gasteiger partial charge on any atom is 0.0815 e. The largest absolute Gasteiger partial charge is 0.388 e. The molecule has 0 fully saturated rings. The third-order valence-electron chi connectivity index (χ3n) is 3.00. The number of aliphatic hydroxyl groups is 1. The highest BCUT2D eigenvalue weighted by molar-refractivity contribution is 5.37. The van der Waals surface area contributed by atoms with Crippen LogP contribution >= 0.6 is 0 Å². The van der Waals surface area contributed by atoms with Gasteiger partial charge in [-0.15, -0.1) is 6.58 Å².